The lowest BCUT2D eigenvalue weighted by Gasteiger charge is -2.02. The van der Waals surface area contributed by atoms with Gasteiger partial charge in [-0.2, -0.15) is 0 Å². The highest BCUT2D eigenvalue weighted by molar-refractivity contribution is 7.98. The molecule has 0 spiro atoms. The van der Waals surface area contributed by atoms with Gasteiger partial charge >= 0.3 is 0 Å². The molecule has 0 atom stereocenters. The normalized spacial score (nSPS) is 10.9. The molecule has 0 aliphatic heterocycles. The summed E-state index contributed by atoms with van der Waals surface area (Å²) in [5.74, 6) is 0. The number of rotatable bonds is 2. The van der Waals surface area contributed by atoms with Crippen molar-refractivity contribution in [2.24, 2.45) is 0 Å². The Labute approximate surface area is 104 Å². The highest BCUT2D eigenvalue weighted by atomic mass is 32.2. The average Bonchev–Trinajstić information content (AvgIpc) is 2.82. The van der Waals surface area contributed by atoms with Crippen LogP contribution in [0.3, 0.4) is 0 Å². The molecule has 2 heterocycles. The van der Waals surface area contributed by atoms with Crippen LogP contribution in [0.15, 0.2) is 53.6 Å². The number of H-pyrrole nitrogens is 1. The molecule has 84 valence electrons. The fraction of sp³-hybridized carbons (Fsp3) is 0.0714. The van der Waals surface area contributed by atoms with Crippen LogP contribution in [0.5, 0.6) is 0 Å². The van der Waals surface area contributed by atoms with Gasteiger partial charge in [0.25, 0.3) is 0 Å². The lowest BCUT2D eigenvalue weighted by molar-refractivity contribution is 1.22. The minimum absolute atomic E-state index is 1.02. The van der Waals surface area contributed by atoms with E-state index >= 15 is 0 Å². The SMILES string of the molecule is CSc1cccnc1-c1cc2ccccc2[nH]1. The molecule has 1 N–H and O–H groups in total. The number of para-hydroxylation sites is 1. The van der Waals surface area contributed by atoms with Crippen LogP contribution < -0.4 is 0 Å². The van der Waals surface area contributed by atoms with Gasteiger partial charge in [-0.05, 0) is 30.5 Å². The van der Waals surface area contributed by atoms with Gasteiger partial charge in [-0.15, -0.1) is 11.8 Å². The van der Waals surface area contributed by atoms with Gasteiger partial charge in [0, 0.05) is 22.0 Å². The molecule has 0 amide bonds. The molecule has 3 aromatic rings. The van der Waals surface area contributed by atoms with Crippen molar-refractivity contribution in [3.05, 3.63) is 48.7 Å². The van der Waals surface area contributed by atoms with E-state index in [1.165, 1.54) is 10.3 Å². The van der Waals surface area contributed by atoms with Crippen molar-refractivity contribution >= 4 is 22.7 Å². The second kappa shape index (κ2) is 4.26. The molecule has 2 nitrogen and oxygen atoms in total. The first-order valence-electron chi connectivity index (χ1n) is 5.45. The topological polar surface area (TPSA) is 28.7 Å². The number of nitrogens with one attached hydrogen (secondary N) is 1. The van der Waals surface area contributed by atoms with E-state index in [9.17, 15) is 0 Å². The van der Waals surface area contributed by atoms with Gasteiger partial charge in [0.2, 0.25) is 0 Å². The number of fused-ring (bicyclic) bond motifs is 1. The zero-order valence-corrected chi connectivity index (χ0v) is 10.3. The quantitative estimate of drug-likeness (QED) is 0.687. The second-order valence-electron chi connectivity index (χ2n) is 3.82. The van der Waals surface area contributed by atoms with E-state index in [0.717, 1.165) is 16.9 Å². The lowest BCUT2D eigenvalue weighted by Crippen LogP contribution is -1.85. The van der Waals surface area contributed by atoms with Crippen molar-refractivity contribution < 1.29 is 0 Å². The molecule has 0 fully saturated rings. The van der Waals surface area contributed by atoms with Crippen LogP contribution >= 0.6 is 11.8 Å². The summed E-state index contributed by atoms with van der Waals surface area (Å²) in [5, 5.41) is 1.22. The third kappa shape index (κ3) is 1.83. The molecule has 0 saturated carbocycles. The van der Waals surface area contributed by atoms with Crippen molar-refractivity contribution in [2.75, 3.05) is 6.26 Å². The Hall–Kier alpha value is -1.74. The Morgan fingerprint density at radius 2 is 2.00 bits per heavy atom. The highest BCUT2D eigenvalue weighted by Gasteiger charge is 2.08. The summed E-state index contributed by atoms with van der Waals surface area (Å²) in [4.78, 5) is 9.07. The Morgan fingerprint density at radius 3 is 2.82 bits per heavy atom. The molecule has 0 radical (unpaired) electrons. The Morgan fingerprint density at radius 1 is 1.12 bits per heavy atom. The molecule has 0 aliphatic carbocycles. The number of thioether (sulfide) groups is 1. The summed E-state index contributed by atoms with van der Waals surface area (Å²) in [6.07, 6.45) is 3.91. The number of nitrogens with zero attached hydrogens (tertiary/aromatic N) is 1. The maximum absolute atomic E-state index is 4.46. The molecule has 2 aromatic heterocycles. The molecular weight excluding hydrogens is 228 g/mol. The molecule has 1 aromatic carbocycles. The van der Waals surface area contributed by atoms with Crippen LogP contribution in [0.1, 0.15) is 0 Å². The molecule has 0 bridgehead atoms. The second-order valence-corrected chi connectivity index (χ2v) is 4.67. The zero-order chi connectivity index (χ0) is 11.7. The summed E-state index contributed by atoms with van der Waals surface area (Å²) < 4.78 is 0. The fourth-order valence-corrected chi connectivity index (χ4v) is 2.53. The first kappa shape index (κ1) is 10.4. The van der Waals surface area contributed by atoms with Crippen LogP contribution in [0.2, 0.25) is 0 Å². The van der Waals surface area contributed by atoms with E-state index in [1.54, 1.807) is 11.8 Å². The third-order valence-electron chi connectivity index (χ3n) is 2.78. The zero-order valence-electron chi connectivity index (χ0n) is 9.47. The van der Waals surface area contributed by atoms with Crippen LogP contribution in [-0.2, 0) is 0 Å². The Bertz CT molecular complexity index is 625. The maximum Gasteiger partial charge on any atom is 0.1000 e. The monoisotopic (exact) mass is 240 g/mol. The van der Waals surface area contributed by atoms with Crippen LogP contribution in [-0.4, -0.2) is 16.2 Å². The summed E-state index contributed by atoms with van der Waals surface area (Å²) >= 11 is 1.72. The predicted octanol–water partition coefficient (Wildman–Crippen LogP) is 3.95. The van der Waals surface area contributed by atoms with Gasteiger partial charge in [-0.25, -0.2) is 0 Å². The number of hydrogen-bond donors (Lipinski definition) is 1. The smallest absolute Gasteiger partial charge is 0.1000 e. The van der Waals surface area contributed by atoms with Gasteiger partial charge in [0.15, 0.2) is 0 Å². The van der Waals surface area contributed by atoms with Crippen molar-refractivity contribution in [3.8, 4) is 11.4 Å². The van der Waals surface area contributed by atoms with E-state index in [4.69, 9.17) is 0 Å². The van der Waals surface area contributed by atoms with Crippen LogP contribution in [0.25, 0.3) is 22.3 Å². The van der Waals surface area contributed by atoms with Crippen molar-refractivity contribution in [1.29, 1.82) is 0 Å². The first-order chi connectivity index (χ1) is 8.38. The number of aromatic amines is 1. The Balaban J connectivity index is 2.20. The lowest BCUT2D eigenvalue weighted by atomic mass is 10.2. The van der Waals surface area contributed by atoms with E-state index < -0.39 is 0 Å². The van der Waals surface area contributed by atoms with Gasteiger partial charge in [0.05, 0.1) is 11.4 Å². The molecule has 3 heteroatoms. The number of hydrogen-bond acceptors (Lipinski definition) is 2. The first-order valence-corrected chi connectivity index (χ1v) is 6.68. The summed E-state index contributed by atoms with van der Waals surface area (Å²) in [6.45, 7) is 0. The summed E-state index contributed by atoms with van der Waals surface area (Å²) in [6, 6.07) is 14.5. The van der Waals surface area contributed by atoms with Crippen molar-refractivity contribution in [2.45, 2.75) is 4.90 Å². The standard InChI is InChI=1S/C14H12N2S/c1-17-13-7-4-8-15-14(13)12-9-10-5-2-3-6-11(10)16-12/h2-9,16H,1H3. The van der Waals surface area contributed by atoms with E-state index in [-0.39, 0.29) is 0 Å². The van der Waals surface area contributed by atoms with Gasteiger partial charge < -0.3 is 4.98 Å². The summed E-state index contributed by atoms with van der Waals surface area (Å²) in [5.41, 5.74) is 3.26. The maximum atomic E-state index is 4.46. The Kier molecular flexibility index (Phi) is 2.61. The number of aromatic nitrogens is 2. The number of pyridine rings is 1. The third-order valence-corrected chi connectivity index (χ3v) is 3.54. The van der Waals surface area contributed by atoms with Gasteiger partial charge in [-0.3, -0.25) is 4.98 Å². The predicted molar refractivity (Wildman–Crippen MR) is 73.3 cm³/mol. The summed E-state index contributed by atoms with van der Waals surface area (Å²) in [7, 11) is 0. The minimum Gasteiger partial charge on any atom is -0.353 e. The van der Waals surface area contributed by atoms with Gasteiger partial charge in [0.1, 0.15) is 0 Å². The molecule has 3 rings (SSSR count). The average molecular weight is 240 g/mol. The molecule has 0 aliphatic rings. The van der Waals surface area contributed by atoms with E-state index in [1.807, 2.05) is 24.4 Å². The van der Waals surface area contributed by atoms with Crippen LogP contribution in [0, 0.1) is 0 Å². The van der Waals surface area contributed by atoms with Gasteiger partial charge in [-0.1, -0.05) is 18.2 Å². The molecular formula is C14H12N2S. The molecule has 0 saturated heterocycles. The minimum atomic E-state index is 1.02. The van der Waals surface area contributed by atoms with Crippen molar-refractivity contribution in [3.63, 3.8) is 0 Å². The number of benzene rings is 1. The van der Waals surface area contributed by atoms with Crippen molar-refractivity contribution in [1.82, 2.24) is 9.97 Å². The molecule has 0 unspecified atom stereocenters. The van der Waals surface area contributed by atoms with Crippen LogP contribution in [0.4, 0.5) is 0 Å². The van der Waals surface area contributed by atoms with E-state index in [0.29, 0.717) is 0 Å². The van der Waals surface area contributed by atoms with E-state index in [2.05, 4.69) is 40.5 Å². The molecule has 17 heavy (non-hydrogen) atoms. The highest BCUT2D eigenvalue weighted by Crippen LogP contribution is 2.29. The largest absolute Gasteiger partial charge is 0.353 e. The fourth-order valence-electron chi connectivity index (χ4n) is 1.96.